The lowest BCUT2D eigenvalue weighted by molar-refractivity contribution is -0.145. The highest BCUT2D eigenvalue weighted by atomic mass is 32.2. The van der Waals surface area contributed by atoms with Gasteiger partial charge in [0.1, 0.15) is 9.75 Å². The van der Waals surface area contributed by atoms with Crippen LogP contribution in [0.3, 0.4) is 0 Å². The second-order valence-electron chi connectivity index (χ2n) is 8.58. The molecule has 0 amide bonds. The summed E-state index contributed by atoms with van der Waals surface area (Å²) >= 11 is 1.19. The number of sulfonamides is 1. The minimum Gasteiger partial charge on any atom is -0.480 e. The van der Waals surface area contributed by atoms with Gasteiger partial charge in [-0.2, -0.15) is 4.72 Å². The number of carboxylic acid groups (broad SMARTS) is 1. The predicted molar refractivity (Wildman–Crippen MR) is 129 cm³/mol. The van der Waals surface area contributed by atoms with E-state index in [9.17, 15) is 18.3 Å². The molecule has 0 bridgehead atoms. The van der Waals surface area contributed by atoms with Crippen molar-refractivity contribution < 1.29 is 18.3 Å². The van der Waals surface area contributed by atoms with Crippen molar-refractivity contribution in [2.45, 2.75) is 55.8 Å². The number of hydrogen-bond acceptors (Lipinski definition) is 6. The van der Waals surface area contributed by atoms with Crippen LogP contribution in [0.2, 0.25) is 0 Å². The molecule has 2 atom stereocenters. The third kappa shape index (κ3) is 5.01. The maximum atomic E-state index is 13.3. The number of thiophene rings is 1. The van der Waals surface area contributed by atoms with Crippen molar-refractivity contribution in [3.05, 3.63) is 48.0 Å². The summed E-state index contributed by atoms with van der Waals surface area (Å²) in [7, 11) is -4.02. The molecule has 1 unspecified atom stereocenters. The summed E-state index contributed by atoms with van der Waals surface area (Å²) in [5.41, 5.74) is -0.873. The molecule has 2 heterocycles. The van der Waals surface area contributed by atoms with E-state index in [1.165, 1.54) is 11.3 Å². The van der Waals surface area contributed by atoms with E-state index in [4.69, 9.17) is 0 Å². The summed E-state index contributed by atoms with van der Waals surface area (Å²) in [6, 6.07) is 13.0. The zero-order chi connectivity index (χ0) is 23.5. The largest absolute Gasteiger partial charge is 0.480 e. The number of nitrogens with zero attached hydrogens (tertiary/aromatic N) is 2. The first kappa shape index (κ1) is 24.7. The summed E-state index contributed by atoms with van der Waals surface area (Å²) in [6.07, 6.45) is 0.118. The van der Waals surface area contributed by atoms with Gasteiger partial charge < -0.3 is 10.0 Å². The summed E-state index contributed by atoms with van der Waals surface area (Å²) in [5.74, 6) is -1.73. The van der Waals surface area contributed by atoms with Gasteiger partial charge in [0.15, 0.2) is 0 Å². The second kappa shape index (κ2) is 9.91. The lowest BCUT2D eigenvalue weighted by Gasteiger charge is -2.37. The quantitative estimate of drug-likeness (QED) is 0.571. The van der Waals surface area contributed by atoms with E-state index < -0.39 is 27.4 Å². The number of hydrogen-bond donors (Lipinski definition) is 2. The molecule has 1 aromatic carbocycles. The number of nitrogens with one attached hydrogen (secondary N) is 1. The minimum absolute atomic E-state index is 0.118. The van der Waals surface area contributed by atoms with Crippen molar-refractivity contribution in [1.29, 1.82) is 0 Å². The Bertz CT molecular complexity index is 1010. The number of carbonyl (C=O) groups is 1. The smallest absolute Gasteiger partial charge is 0.325 e. The van der Waals surface area contributed by atoms with Crippen LogP contribution in [0.5, 0.6) is 0 Å². The van der Waals surface area contributed by atoms with Gasteiger partial charge in [-0.05, 0) is 38.0 Å². The molecule has 0 aliphatic carbocycles. The summed E-state index contributed by atoms with van der Waals surface area (Å²) < 4.78 is 29.3. The van der Waals surface area contributed by atoms with Gasteiger partial charge in [0.2, 0.25) is 0 Å². The van der Waals surface area contributed by atoms with Crippen LogP contribution in [0, 0.1) is 0 Å². The fraction of sp³-hybridized carbons (Fsp3) is 0.522. The molecule has 7 nitrogen and oxygen atoms in total. The number of carboxylic acids is 1. The van der Waals surface area contributed by atoms with Gasteiger partial charge in [0.05, 0.1) is 5.00 Å². The molecule has 176 valence electrons. The van der Waals surface area contributed by atoms with Crippen LogP contribution in [-0.4, -0.2) is 62.2 Å². The van der Waals surface area contributed by atoms with Gasteiger partial charge >= 0.3 is 5.97 Å². The van der Waals surface area contributed by atoms with Crippen LogP contribution < -0.4 is 9.62 Å². The average molecular weight is 480 g/mol. The van der Waals surface area contributed by atoms with E-state index >= 15 is 0 Å². The molecule has 32 heavy (non-hydrogen) atoms. The molecule has 2 N–H and O–H groups in total. The highest BCUT2D eigenvalue weighted by molar-refractivity contribution is 7.91. The van der Waals surface area contributed by atoms with Gasteiger partial charge in [-0.15, -0.1) is 11.3 Å². The Balaban J connectivity index is 1.83. The Morgan fingerprint density at radius 1 is 1.09 bits per heavy atom. The molecule has 1 saturated heterocycles. The van der Waals surface area contributed by atoms with E-state index in [2.05, 4.69) is 28.4 Å². The van der Waals surface area contributed by atoms with E-state index in [1.807, 2.05) is 36.4 Å². The number of piperazine rings is 1. The summed E-state index contributed by atoms with van der Waals surface area (Å²) in [4.78, 5) is 17.0. The van der Waals surface area contributed by atoms with Gasteiger partial charge in [-0.1, -0.05) is 44.2 Å². The normalized spacial score (nSPS) is 18.5. The zero-order valence-corrected chi connectivity index (χ0v) is 20.7. The van der Waals surface area contributed by atoms with Gasteiger partial charge in [-0.25, -0.2) is 8.42 Å². The summed E-state index contributed by atoms with van der Waals surface area (Å²) in [5, 5.41) is 11.0. The second-order valence-corrected chi connectivity index (χ2v) is 11.5. The Kier molecular flexibility index (Phi) is 7.65. The van der Waals surface area contributed by atoms with Crippen molar-refractivity contribution >= 4 is 32.3 Å². The van der Waals surface area contributed by atoms with Crippen LogP contribution in [0.25, 0.3) is 0 Å². The third-order valence-corrected chi connectivity index (χ3v) is 9.63. The molecule has 1 aliphatic heterocycles. The molecular formula is C23H33N3O4S2. The predicted octanol–water partition coefficient (Wildman–Crippen LogP) is 3.59. The minimum atomic E-state index is -4.02. The highest BCUT2D eigenvalue weighted by Gasteiger charge is 2.46. The molecule has 0 radical (unpaired) electrons. The Labute approximate surface area is 195 Å². The Hall–Kier alpha value is -1.94. The molecule has 1 aliphatic rings. The van der Waals surface area contributed by atoms with Crippen LogP contribution in [0.4, 0.5) is 5.00 Å². The van der Waals surface area contributed by atoms with Crippen molar-refractivity contribution in [2.75, 3.05) is 31.1 Å². The number of benzene rings is 1. The number of aliphatic carboxylic acids is 1. The van der Waals surface area contributed by atoms with Gasteiger partial charge in [0, 0.05) is 38.1 Å². The maximum absolute atomic E-state index is 13.3. The van der Waals surface area contributed by atoms with E-state index in [0.29, 0.717) is 6.04 Å². The van der Waals surface area contributed by atoms with Crippen molar-refractivity contribution in [1.82, 2.24) is 9.62 Å². The lowest BCUT2D eigenvalue weighted by atomic mass is 9.79. The average Bonchev–Trinajstić information content (AvgIpc) is 3.29. The fourth-order valence-electron chi connectivity index (χ4n) is 4.25. The van der Waals surface area contributed by atoms with E-state index in [-0.39, 0.29) is 10.6 Å². The van der Waals surface area contributed by atoms with E-state index in [1.54, 1.807) is 19.9 Å². The highest BCUT2D eigenvalue weighted by Crippen LogP contribution is 2.35. The van der Waals surface area contributed by atoms with Crippen LogP contribution in [0.1, 0.15) is 45.6 Å². The lowest BCUT2D eigenvalue weighted by Crippen LogP contribution is -2.57. The molecule has 1 fully saturated rings. The standard InChI is InChI=1S/C23H33N3O4S2/c1-5-23(22(27)28,18(4)19-9-7-6-8-10-19)24-32(29,30)21-12-11-20(31-21)26-15-13-25(14-16-26)17(2)3/h6-12,17-18,24H,5,13-16H2,1-4H3,(H,27,28)/t18?,23-/m0/s1. The van der Waals surface area contributed by atoms with Crippen molar-refractivity contribution in [3.8, 4) is 0 Å². The number of anilines is 1. The molecule has 0 spiro atoms. The molecule has 1 aromatic heterocycles. The first-order chi connectivity index (χ1) is 15.1. The number of rotatable bonds is 9. The molecular weight excluding hydrogens is 446 g/mol. The topological polar surface area (TPSA) is 90.0 Å². The maximum Gasteiger partial charge on any atom is 0.325 e. The zero-order valence-electron chi connectivity index (χ0n) is 19.1. The van der Waals surface area contributed by atoms with Crippen molar-refractivity contribution in [3.63, 3.8) is 0 Å². The van der Waals surface area contributed by atoms with E-state index in [0.717, 1.165) is 36.7 Å². The van der Waals surface area contributed by atoms with Crippen LogP contribution >= 0.6 is 11.3 Å². The molecule has 0 saturated carbocycles. The Morgan fingerprint density at radius 3 is 2.25 bits per heavy atom. The fourth-order valence-corrected chi connectivity index (χ4v) is 7.09. The van der Waals surface area contributed by atoms with Gasteiger partial charge in [-0.3, -0.25) is 9.69 Å². The SMILES string of the molecule is CC[C@@](NS(=O)(=O)c1ccc(N2CCN(C(C)C)CC2)s1)(C(=O)O)C(C)c1ccccc1. The monoisotopic (exact) mass is 479 g/mol. The summed E-state index contributed by atoms with van der Waals surface area (Å²) in [6.45, 7) is 11.3. The van der Waals surface area contributed by atoms with Crippen LogP contribution in [0.15, 0.2) is 46.7 Å². The Morgan fingerprint density at radius 2 is 1.72 bits per heavy atom. The molecule has 2 aromatic rings. The van der Waals surface area contributed by atoms with Gasteiger partial charge in [0.25, 0.3) is 10.0 Å². The molecule has 3 rings (SSSR count). The first-order valence-corrected chi connectivity index (χ1v) is 13.3. The molecule has 9 heteroatoms. The third-order valence-electron chi connectivity index (χ3n) is 6.48. The van der Waals surface area contributed by atoms with Crippen molar-refractivity contribution in [2.24, 2.45) is 0 Å². The van der Waals surface area contributed by atoms with Crippen LogP contribution in [-0.2, 0) is 14.8 Å². The first-order valence-electron chi connectivity index (χ1n) is 11.0.